The monoisotopic (exact) mass is 453 g/mol. The lowest BCUT2D eigenvalue weighted by molar-refractivity contribution is 0.108. The van der Waals surface area contributed by atoms with Crippen LogP contribution in [0.3, 0.4) is 0 Å². The topological polar surface area (TPSA) is 101 Å². The van der Waals surface area contributed by atoms with E-state index in [-0.39, 0.29) is 12.6 Å². The first-order valence-corrected chi connectivity index (χ1v) is 10.9. The minimum absolute atomic E-state index is 0.126. The number of halogens is 1. The zero-order valence-electron chi connectivity index (χ0n) is 18.7. The summed E-state index contributed by atoms with van der Waals surface area (Å²) in [5.41, 5.74) is 2.24. The zero-order valence-corrected chi connectivity index (χ0v) is 18.7. The van der Waals surface area contributed by atoms with Gasteiger partial charge in [0.2, 0.25) is 5.95 Å². The van der Waals surface area contributed by atoms with Gasteiger partial charge in [0.1, 0.15) is 24.3 Å². The first-order chi connectivity index (χ1) is 16.0. The van der Waals surface area contributed by atoms with Crippen LogP contribution in [0.1, 0.15) is 12.0 Å². The van der Waals surface area contributed by atoms with E-state index in [2.05, 4.69) is 15.6 Å². The summed E-state index contributed by atoms with van der Waals surface area (Å²) in [5, 5.41) is 16.2. The molecule has 1 aliphatic heterocycles. The molecule has 2 unspecified atom stereocenters. The third kappa shape index (κ3) is 5.62. The van der Waals surface area contributed by atoms with Gasteiger partial charge in [0.25, 0.3) is 0 Å². The highest BCUT2D eigenvalue weighted by molar-refractivity contribution is 5.72. The minimum Gasteiger partial charge on any atom is -0.491 e. The number of aliphatic hydroxyl groups excluding tert-OH is 1. The van der Waals surface area contributed by atoms with Gasteiger partial charge in [-0.1, -0.05) is 12.1 Å². The van der Waals surface area contributed by atoms with E-state index in [4.69, 9.17) is 19.4 Å². The van der Waals surface area contributed by atoms with E-state index in [9.17, 15) is 9.50 Å². The first-order valence-electron chi connectivity index (χ1n) is 10.9. The Balaban J connectivity index is 1.71. The van der Waals surface area contributed by atoms with Gasteiger partial charge in [-0.05, 0) is 44.7 Å². The lowest BCUT2D eigenvalue weighted by Crippen LogP contribution is -2.29. The van der Waals surface area contributed by atoms with Crippen LogP contribution in [0.4, 0.5) is 10.2 Å². The average Bonchev–Trinajstić information content (AvgIpc) is 3.33. The van der Waals surface area contributed by atoms with Gasteiger partial charge in [0.05, 0.1) is 23.9 Å². The van der Waals surface area contributed by atoms with E-state index in [1.54, 1.807) is 25.2 Å². The standard InChI is InChI=1S/C24H28FN5O3/c1-15-21(20-7-4-9-27-22(20)25)29-24(30-23(15)28-17-8-10-32-13-17)16-5-3-6-19(11-16)33-14-18(31)12-26-2/h3-7,9,11,17-18,26,31H,8,10,12-14H2,1-2H3,(H,28,29,30). The van der Waals surface area contributed by atoms with Gasteiger partial charge in [-0.3, -0.25) is 0 Å². The van der Waals surface area contributed by atoms with Gasteiger partial charge < -0.3 is 25.2 Å². The van der Waals surface area contributed by atoms with E-state index in [1.807, 2.05) is 25.1 Å². The molecule has 4 rings (SSSR count). The molecule has 0 bridgehead atoms. The third-order valence-corrected chi connectivity index (χ3v) is 5.40. The van der Waals surface area contributed by atoms with Crippen LogP contribution in [0, 0.1) is 12.9 Å². The van der Waals surface area contributed by atoms with Crippen molar-refractivity contribution < 1.29 is 19.0 Å². The quantitative estimate of drug-likeness (QED) is 0.425. The summed E-state index contributed by atoms with van der Waals surface area (Å²) in [4.78, 5) is 13.2. The van der Waals surface area contributed by atoms with Crippen LogP contribution in [0.2, 0.25) is 0 Å². The number of nitrogens with one attached hydrogen (secondary N) is 2. The fourth-order valence-corrected chi connectivity index (χ4v) is 3.66. The molecule has 1 aliphatic rings. The predicted molar refractivity (Wildman–Crippen MR) is 124 cm³/mol. The van der Waals surface area contributed by atoms with Crippen LogP contribution in [0.25, 0.3) is 22.6 Å². The zero-order chi connectivity index (χ0) is 23.2. The largest absolute Gasteiger partial charge is 0.491 e. The Morgan fingerprint density at radius 2 is 2.15 bits per heavy atom. The average molecular weight is 454 g/mol. The molecule has 0 saturated carbocycles. The van der Waals surface area contributed by atoms with Crippen molar-refractivity contribution in [3.63, 3.8) is 0 Å². The van der Waals surface area contributed by atoms with Gasteiger partial charge in [0.15, 0.2) is 5.82 Å². The fraction of sp³-hybridized carbons (Fsp3) is 0.375. The maximum absolute atomic E-state index is 14.6. The van der Waals surface area contributed by atoms with E-state index >= 15 is 0 Å². The second-order valence-corrected chi connectivity index (χ2v) is 7.97. The summed E-state index contributed by atoms with van der Waals surface area (Å²) in [6.45, 7) is 3.73. The highest BCUT2D eigenvalue weighted by Crippen LogP contribution is 2.31. The second kappa shape index (κ2) is 10.7. The molecule has 9 heteroatoms. The first kappa shape index (κ1) is 23.0. The Morgan fingerprint density at radius 1 is 1.27 bits per heavy atom. The molecule has 3 N–H and O–H groups in total. The van der Waals surface area contributed by atoms with Crippen LogP contribution in [-0.2, 0) is 4.74 Å². The van der Waals surface area contributed by atoms with E-state index in [0.717, 1.165) is 12.0 Å². The van der Waals surface area contributed by atoms with Crippen molar-refractivity contribution in [3.8, 4) is 28.4 Å². The summed E-state index contributed by atoms with van der Waals surface area (Å²) in [6, 6.07) is 10.8. The van der Waals surface area contributed by atoms with Crippen LogP contribution in [0.5, 0.6) is 5.75 Å². The molecule has 1 fully saturated rings. The highest BCUT2D eigenvalue weighted by atomic mass is 19.1. The Labute approximate surface area is 192 Å². The number of ether oxygens (including phenoxy) is 2. The predicted octanol–water partition coefficient (Wildman–Crippen LogP) is 2.81. The van der Waals surface area contributed by atoms with Crippen molar-refractivity contribution in [1.29, 1.82) is 0 Å². The number of nitrogens with zero attached hydrogens (tertiary/aromatic N) is 3. The Hall–Kier alpha value is -3.14. The van der Waals surface area contributed by atoms with Gasteiger partial charge >= 0.3 is 0 Å². The Bertz CT molecular complexity index is 1090. The summed E-state index contributed by atoms with van der Waals surface area (Å²) >= 11 is 0. The van der Waals surface area contributed by atoms with Crippen LogP contribution >= 0.6 is 0 Å². The Kier molecular flexibility index (Phi) is 7.43. The number of hydrogen-bond acceptors (Lipinski definition) is 8. The number of pyridine rings is 1. The van der Waals surface area contributed by atoms with E-state index in [0.29, 0.717) is 54.0 Å². The molecule has 0 amide bonds. The number of hydrogen-bond donors (Lipinski definition) is 3. The van der Waals surface area contributed by atoms with Crippen LogP contribution in [0.15, 0.2) is 42.6 Å². The van der Waals surface area contributed by atoms with Gasteiger partial charge in [-0.25, -0.2) is 15.0 Å². The summed E-state index contributed by atoms with van der Waals surface area (Å²) in [5.74, 6) is 1.06. The third-order valence-electron chi connectivity index (χ3n) is 5.40. The van der Waals surface area contributed by atoms with E-state index < -0.39 is 12.1 Å². The van der Waals surface area contributed by atoms with Gasteiger partial charge in [-0.2, -0.15) is 4.39 Å². The molecule has 8 nitrogen and oxygen atoms in total. The molecule has 2 atom stereocenters. The number of aliphatic hydroxyl groups is 1. The molecule has 0 radical (unpaired) electrons. The van der Waals surface area contributed by atoms with Crippen LogP contribution in [-0.4, -0.2) is 65.6 Å². The van der Waals surface area contributed by atoms with Crippen molar-refractivity contribution in [1.82, 2.24) is 20.3 Å². The second-order valence-electron chi connectivity index (χ2n) is 7.97. The number of aromatic nitrogens is 3. The lowest BCUT2D eigenvalue weighted by atomic mass is 10.1. The Morgan fingerprint density at radius 3 is 2.91 bits per heavy atom. The SMILES string of the molecule is CNCC(O)COc1cccc(-c2nc(NC3CCOC3)c(C)c(-c3cccnc3F)n2)c1. The van der Waals surface area contributed by atoms with Crippen LogP contribution < -0.4 is 15.4 Å². The van der Waals surface area contributed by atoms with Crippen molar-refractivity contribution in [2.24, 2.45) is 0 Å². The number of anilines is 1. The minimum atomic E-state index is -0.626. The van der Waals surface area contributed by atoms with Crippen molar-refractivity contribution in [2.75, 3.05) is 38.7 Å². The molecule has 1 aromatic carbocycles. The molecule has 33 heavy (non-hydrogen) atoms. The molecular formula is C24H28FN5O3. The van der Waals surface area contributed by atoms with E-state index in [1.165, 1.54) is 6.20 Å². The van der Waals surface area contributed by atoms with Gasteiger partial charge in [0, 0.05) is 30.5 Å². The molecule has 3 aromatic rings. The molecule has 174 valence electrons. The number of benzene rings is 1. The lowest BCUT2D eigenvalue weighted by Gasteiger charge is -2.18. The van der Waals surface area contributed by atoms with Gasteiger partial charge in [-0.15, -0.1) is 0 Å². The highest BCUT2D eigenvalue weighted by Gasteiger charge is 2.21. The molecule has 0 spiro atoms. The van der Waals surface area contributed by atoms with Crippen molar-refractivity contribution >= 4 is 5.82 Å². The number of likely N-dealkylation sites (N-methyl/N-ethyl adjacent to an activating group) is 1. The maximum atomic E-state index is 14.6. The smallest absolute Gasteiger partial charge is 0.222 e. The summed E-state index contributed by atoms with van der Waals surface area (Å²) in [7, 11) is 1.77. The maximum Gasteiger partial charge on any atom is 0.222 e. The summed E-state index contributed by atoms with van der Waals surface area (Å²) < 4.78 is 25.8. The number of rotatable bonds is 9. The van der Waals surface area contributed by atoms with Crippen molar-refractivity contribution in [3.05, 3.63) is 54.1 Å². The normalized spacial score (nSPS) is 16.5. The van der Waals surface area contributed by atoms with Crippen molar-refractivity contribution in [2.45, 2.75) is 25.5 Å². The molecule has 2 aromatic heterocycles. The molecule has 3 heterocycles. The fourth-order valence-electron chi connectivity index (χ4n) is 3.66. The summed E-state index contributed by atoms with van der Waals surface area (Å²) in [6.07, 6.45) is 1.65. The molecule has 1 saturated heterocycles. The molecule has 0 aliphatic carbocycles. The molecular weight excluding hydrogens is 425 g/mol.